The van der Waals surface area contributed by atoms with E-state index in [4.69, 9.17) is 9.31 Å². The maximum absolute atomic E-state index is 6.79. The maximum Gasteiger partial charge on any atom is 0.460 e. The predicted octanol–water partition coefficient (Wildman–Crippen LogP) is 7.77. The minimum Gasteiger partial charge on any atom is -0.403 e. The van der Waals surface area contributed by atoms with E-state index in [2.05, 4.69) is 143 Å². The topological polar surface area (TPSA) is 21.7 Å². The van der Waals surface area contributed by atoms with Gasteiger partial charge in [0, 0.05) is 32.6 Å². The second-order valence-corrected chi connectivity index (χ2v) is 17.6. The van der Waals surface area contributed by atoms with Gasteiger partial charge in [0.05, 0.1) is 11.2 Å². The molecule has 5 heteroatoms. The summed E-state index contributed by atoms with van der Waals surface area (Å²) < 4.78 is 13.6. The second-order valence-electron chi connectivity index (χ2n) is 12.2. The number of nitrogens with zero attached hydrogens (tertiary/aromatic N) is 1. The van der Waals surface area contributed by atoms with Gasteiger partial charge in [0.1, 0.15) is 0 Å². The Labute approximate surface area is 220 Å². The highest BCUT2D eigenvalue weighted by Gasteiger charge is 2.58. The number of hydrogen-bond donors (Lipinski definition) is 0. The van der Waals surface area contributed by atoms with Gasteiger partial charge in [0.2, 0.25) is 0 Å². The summed E-state index contributed by atoms with van der Waals surface area (Å²) >= 11 is 0. The van der Waals surface area contributed by atoms with Crippen molar-refractivity contribution in [3.63, 3.8) is 0 Å². The van der Waals surface area contributed by atoms with Gasteiger partial charge in [-0.15, -0.1) is 0 Å². The van der Waals surface area contributed by atoms with Crippen LogP contribution in [-0.2, 0) is 22.4 Å². The molecule has 0 unspecified atom stereocenters. The first-order chi connectivity index (χ1) is 17.0. The average molecular weight is 500 g/mol. The Bertz CT molecular complexity index is 1040. The zero-order valence-corrected chi connectivity index (χ0v) is 24.1. The van der Waals surface area contributed by atoms with Crippen LogP contribution in [0.4, 0.5) is 0 Å². The van der Waals surface area contributed by atoms with E-state index in [0.717, 1.165) is 13.1 Å². The van der Waals surface area contributed by atoms with Crippen LogP contribution in [0, 0.1) is 0 Å². The van der Waals surface area contributed by atoms with Crippen LogP contribution in [0.2, 0.25) is 25.1 Å². The van der Waals surface area contributed by atoms with E-state index >= 15 is 0 Å². The zero-order chi connectivity index (χ0) is 26.0. The molecule has 0 radical (unpaired) electrons. The molecule has 0 saturated carbocycles. The van der Waals surface area contributed by atoms with E-state index in [-0.39, 0.29) is 29.8 Å². The van der Waals surface area contributed by atoms with Crippen LogP contribution in [0.5, 0.6) is 0 Å². The van der Waals surface area contributed by atoms with Crippen LogP contribution in [0.15, 0.2) is 91.0 Å². The quantitative estimate of drug-likeness (QED) is 0.281. The average Bonchev–Trinajstić information content (AvgIpc) is 3.04. The molecule has 36 heavy (non-hydrogen) atoms. The summed E-state index contributed by atoms with van der Waals surface area (Å²) in [6.07, 6.45) is 0. The van der Waals surface area contributed by atoms with Crippen molar-refractivity contribution in [3.8, 4) is 0 Å². The first kappa shape index (κ1) is 26.9. The van der Waals surface area contributed by atoms with E-state index < -0.39 is 8.07 Å². The Morgan fingerprint density at radius 2 is 1.06 bits per heavy atom. The lowest BCUT2D eigenvalue weighted by Crippen LogP contribution is -2.49. The molecule has 4 rings (SSSR count). The third-order valence-electron chi connectivity index (χ3n) is 7.90. The largest absolute Gasteiger partial charge is 0.460 e. The monoisotopic (exact) mass is 499 g/mol. The van der Waals surface area contributed by atoms with Crippen molar-refractivity contribution in [3.05, 3.63) is 108 Å². The summed E-state index contributed by atoms with van der Waals surface area (Å²) in [4.78, 5) is 2.65. The SMILES string of the molecule is CC1(C)OB([C@H]([C@@H](c2ccccc2)N(Cc2ccccc2)Cc2ccccc2)[Si](C)(C)C)OC1(C)C. The molecular formula is C31H42BNO2Si. The van der Waals surface area contributed by atoms with Crippen LogP contribution in [0.3, 0.4) is 0 Å². The molecule has 0 spiro atoms. The molecule has 0 aromatic heterocycles. The van der Waals surface area contributed by atoms with Crippen molar-refractivity contribution < 1.29 is 9.31 Å². The van der Waals surface area contributed by atoms with Crippen molar-refractivity contribution in [2.75, 3.05) is 0 Å². The van der Waals surface area contributed by atoms with Crippen LogP contribution in [0.1, 0.15) is 50.4 Å². The predicted molar refractivity (Wildman–Crippen MR) is 154 cm³/mol. The third-order valence-corrected chi connectivity index (χ3v) is 10.5. The first-order valence-electron chi connectivity index (χ1n) is 13.2. The van der Waals surface area contributed by atoms with Gasteiger partial charge < -0.3 is 9.31 Å². The van der Waals surface area contributed by atoms with E-state index in [1.807, 2.05) is 0 Å². The van der Waals surface area contributed by atoms with Crippen LogP contribution >= 0.6 is 0 Å². The second kappa shape index (κ2) is 10.7. The van der Waals surface area contributed by atoms with E-state index in [9.17, 15) is 0 Å². The summed E-state index contributed by atoms with van der Waals surface area (Å²) in [5.74, 6) is 0. The summed E-state index contributed by atoms with van der Waals surface area (Å²) in [5.41, 5.74) is 3.47. The lowest BCUT2D eigenvalue weighted by atomic mass is 9.76. The molecule has 0 amide bonds. The fourth-order valence-electron chi connectivity index (χ4n) is 5.25. The first-order valence-corrected chi connectivity index (χ1v) is 16.8. The van der Waals surface area contributed by atoms with Gasteiger partial charge in [-0.2, -0.15) is 0 Å². The summed E-state index contributed by atoms with van der Waals surface area (Å²) in [5, 5.41) is 0. The summed E-state index contributed by atoms with van der Waals surface area (Å²) in [6.45, 7) is 17.8. The summed E-state index contributed by atoms with van der Waals surface area (Å²) in [6, 6.07) is 32.8. The molecule has 3 nitrogen and oxygen atoms in total. The van der Waals surface area contributed by atoms with Crippen LogP contribution < -0.4 is 0 Å². The highest BCUT2D eigenvalue weighted by molar-refractivity contribution is 6.87. The third kappa shape index (κ3) is 6.03. The molecule has 1 fully saturated rings. The fraction of sp³-hybridized carbons (Fsp3) is 0.419. The number of hydrogen-bond acceptors (Lipinski definition) is 3. The minimum atomic E-state index is -1.81. The Balaban J connectivity index is 1.83. The highest BCUT2D eigenvalue weighted by atomic mass is 28.3. The molecule has 0 bridgehead atoms. The van der Waals surface area contributed by atoms with Gasteiger partial charge in [0.15, 0.2) is 0 Å². The Hall–Kier alpha value is -2.18. The van der Waals surface area contributed by atoms with Gasteiger partial charge in [-0.3, -0.25) is 4.90 Å². The van der Waals surface area contributed by atoms with Crippen LogP contribution in [-0.4, -0.2) is 31.3 Å². The molecule has 0 aliphatic carbocycles. The smallest absolute Gasteiger partial charge is 0.403 e. The minimum absolute atomic E-state index is 0.146. The zero-order valence-electron chi connectivity index (χ0n) is 23.1. The van der Waals surface area contributed by atoms with Gasteiger partial charge in [-0.05, 0) is 44.4 Å². The molecule has 1 aliphatic rings. The lowest BCUT2D eigenvalue weighted by Gasteiger charge is -2.43. The van der Waals surface area contributed by atoms with Crippen molar-refractivity contribution in [1.29, 1.82) is 0 Å². The molecule has 0 N–H and O–H groups in total. The Morgan fingerprint density at radius 3 is 1.44 bits per heavy atom. The van der Waals surface area contributed by atoms with E-state index in [1.54, 1.807) is 0 Å². The summed E-state index contributed by atoms with van der Waals surface area (Å²) in [7, 11) is -2.07. The van der Waals surface area contributed by atoms with Gasteiger partial charge in [-0.25, -0.2) is 0 Å². The Kier molecular flexibility index (Phi) is 7.96. The molecule has 3 aromatic rings. The molecule has 2 atom stereocenters. The number of benzene rings is 3. The lowest BCUT2D eigenvalue weighted by molar-refractivity contribution is 0.00578. The molecular weight excluding hydrogens is 457 g/mol. The van der Waals surface area contributed by atoms with Crippen LogP contribution in [0.25, 0.3) is 0 Å². The Morgan fingerprint density at radius 1 is 0.667 bits per heavy atom. The normalized spacial score (nSPS) is 18.8. The van der Waals surface area contributed by atoms with Gasteiger partial charge in [0.25, 0.3) is 0 Å². The maximum atomic E-state index is 6.79. The van der Waals surface area contributed by atoms with E-state index in [0.29, 0.717) is 0 Å². The van der Waals surface area contributed by atoms with Gasteiger partial charge >= 0.3 is 7.12 Å². The van der Waals surface area contributed by atoms with Gasteiger partial charge in [-0.1, -0.05) is 111 Å². The molecule has 1 saturated heterocycles. The molecule has 1 heterocycles. The van der Waals surface area contributed by atoms with E-state index in [1.165, 1.54) is 16.7 Å². The molecule has 3 aromatic carbocycles. The fourth-order valence-corrected chi connectivity index (χ4v) is 7.55. The number of rotatable bonds is 9. The highest BCUT2D eigenvalue weighted by Crippen LogP contribution is 2.49. The van der Waals surface area contributed by atoms with Crippen molar-refractivity contribution in [1.82, 2.24) is 4.90 Å². The van der Waals surface area contributed by atoms with Crippen molar-refractivity contribution in [2.24, 2.45) is 0 Å². The standard InChI is InChI=1S/C31H42BNO2Si/c1-30(2)31(3,4)35-32(34-30)29(36(5,6)7)28(27-21-15-10-16-22-27)33(23-25-17-11-8-12-18-25)24-26-19-13-9-14-20-26/h8-22,28-29H,23-24H2,1-7H3/t28-,29+/m1/s1. The molecule has 1 aliphatic heterocycles. The molecule has 190 valence electrons. The van der Waals surface area contributed by atoms with Crippen molar-refractivity contribution >= 4 is 15.2 Å². The van der Waals surface area contributed by atoms with Crippen molar-refractivity contribution in [2.45, 2.75) is 83.1 Å².